The van der Waals surface area contributed by atoms with Crippen molar-refractivity contribution in [2.24, 2.45) is 5.92 Å². The first-order valence-corrected chi connectivity index (χ1v) is 11.7. The number of piperidine rings is 2. The number of benzene rings is 1. The fraction of sp³-hybridized carbons (Fsp3) is 0.583. The van der Waals surface area contributed by atoms with Crippen molar-refractivity contribution < 1.29 is 19.0 Å². The molecule has 1 aromatic carbocycles. The Morgan fingerprint density at radius 3 is 2.72 bits per heavy atom. The summed E-state index contributed by atoms with van der Waals surface area (Å²) in [6.45, 7) is 6.71. The van der Waals surface area contributed by atoms with Crippen LogP contribution in [-0.4, -0.2) is 76.1 Å². The predicted octanol–water partition coefficient (Wildman–Crippen LogP) is 2.86. The zero-order chi connectivity index (χ0) is 22.5. The van der Waals surface area contributed by atoms with Gasteiger partial charge in [-0.05, 0) is 57.2 Å². The molecule has 0 spiro atoms. The summed E-state index contributed by atoms with van der Waals surface area (Å²) in [7, 11) is 0. The summed E-state index contributed by atoms with van der Waals surface area (Å²) in [6, 6.07) is 7.00. The van der Waals surface area contributed by atoms with Crippen LogP contribution in [0.15, 0.2) is 30.5 Å². The molecular weight excluding hydrogens is 411 g/mol. The third-order valence-corrected chi connectivity index (χ3v) is 6.70. The maximum absolute atomic E-state index is 14.5. The average Bonchev–Trinajstić information content (AvgIpc) is 3.23. The zero-order valence-electron chi connectivity index (χ0n) is 18.8. The Bertz CT molecular complexity index is 910. The van der Waals surface area contributed by atoms with E-state index < -0.39 is 5.97 Å². The van der Waals surface area contributed by atoms with E-state index in [4.69, 9.17) is 4.74 Å². The maximum Gasteiger partial charge on any atom is 0.341 e. The number of rotatable bonds is 7. The van der Waals surface area contributed by atoms with E-state index in [9.17, 15) is 14.3 Å². The number of hydrogen-bond acceptors (Lipinski definition) is 6. The summed E-state index contributed by atoms with van der Waals surface area (Å²) in [5, 5.41) is 13.9. The maximum atomic E-state index is 14.5. The molecule has 0 bridgehead atoms. The molecule has 0 aliphatic carbocycles. The average molecular weight is 445 g/mol. The SMILES string of the molecule is CCOC(=O)c1cnn(-c2ccccc2F)c1CN1CCC(N2CCCC(CO)C2)CC1. The number of nitrogens with zero attached hydrogens (tertiary/aromatic N) is 4. The Morgan fingerprint density at radius 2 is 2.00 bits per heavy atom. The van der Waals surface area contributed by atoms with E-state index in [0.29, 0.717) is 35.4 Å². The fourth-order valence-electron chi connectivity index (χ4n) is 4.97. The van der Waals surface area contributed by atoms with E-state index in [2.05, 4.69) is 14.9 Å². The van der Waals surface area contributed by atoms with Crippen molar-refractivity contribution in [3.63, 3.8) is 0 Å². The first-order valence-electron chi connectivity index (χ1n) is 11.7. The van der Waals surface area contributed by atoms with Crippen LogP contribution in [-0.2, 0) is 11.3 Å². The van der Waals surface area contributed by atoms with E-state index in [-0.39, 0.29) is 19.0 Å². The Labute approximate surface area is 188 Å². The summed E-state index contributed by atoms with van der Waals surface area (Å²) in [5.74, 6) is -0.415. The summed E-state index contributed by atoms with van der Waals surface area (Å²) < 4.78 is 21.3. The van der Waals surface area contributed by atoms with E-state index in [1.54, 1.807) is 25.1 Å². The lowest BCUT2D eigenvalue weighted by Crippen LogP contribution is -2.48. The van der Waals surface area contributed by atoms with Gasteiger partial charge in [-0.15, -0.1) is 0 Å². The minimum atomic E-state index is -0.427. The molecule has 1 unspecified atom stereocenters. The van der Waals surface area contributed by atoms with Crippen LogP contribution < -0.4 is 0 Å². The molecule has 1 N–H and O–H groups in total. The van der Waals surface area contributed by atoms with Crippen molar-refractivity contribution >= 4 is 5.97 Å². The minimum absolute atomic E-state index is 0.270. The second-order valence-electron chi connectivity index (χ2n) is 8.78. The van der Waals surface area contributed by atoms with Gasteiger partial charge >= 0.3 is 5.97 Å². The number of aliphatic hydroxyl groups is 1. The van der Waals surface area contributed by atoms with Crippen LogP contribution >= 0.6 is 0 Å². The molecule has 2 fully saturated rings. The number of likely N-dealkylation sites (tertiary alicyclic amines) is 2. The molecule has 2 saturated heterocycles. The molecule has 174 valence electrons. The lowest BCUT2D eigenvalue weighted by atomic mass is 9.94. The van der Waals surface area contributed by atoms with Gasteiger partial charge < -0.3 is 9.84 Å². The molecule has 1 atom stereocenters. The zero-order valence-corrected chi connectivity index (χ0v) is 18.8. The second kappa shape index (κ2) is 10.6. The highest BCUT2D eigenvalue weighted by molar-refractivity contribution is 5.90. The van der Waals surface area contributed by atoms with Gasteiger partial charge in [0, 0.05) is 38.8 Å². The fourth-order valence-corrected chi connectivity index (χ4v) is 4.97. The normalized spacial score (nSPS) is 21.0. The van der Waals surface area contributed by atoms with Crippen LogP contribution in [0.2, 0.25) is 0 Å². The van der Waals surface area contributed by atoms with Crippen molar-refractivity contribution in [2.75, 3.05) is 39.4 Å². The van der Waals surface area contributed by atoms with E-state index in [1.807, 2.05) is 0 Å². The second-order valence-corrected chi connectivity index (χ2v) is 8.78. The van der Waals surface area contributed by atoms with Crippen LogP contribution in [0.4, 0.5) is 4.39 Å². The minimum Gasteiger partial charge on any atom is -0.462 e. The Hall–Kier alpha value is -2.29. The quantitative estimate of drug-likeness (QED) is 0.663. The third-order valence-electron chi connectivity index (χ3n) is 6.70. The monoisotopic (exact) mass is 444 g/mol. The van der Waals surface area contributed by atoms with Crippen molar-refractivity contribution in [1.82, 2.24) is 19.6 Å². The highest BCUT2D eigenvalue weighted by atomic mass is 19.1. The molecule has 7 nitrogen and oxygen atoms in total. The number of halogens is 1. The van der Waals surface area contributed by atoms with Gasteiger partial charge in [0.1, 0.15) is 17.1 Å². The molecule has 2 aromatic rings. The smallest absolute Gasteiger partial charge is 0.341 e. The van der Waals surface area contributed by atoms with Crippen molar-refractivity contribution in [1.29, 1.82) is 0 Å². The van der Waals surface area contributed by atoms with Gasteiger partial charge in [0.2, 0.25) is 0 Å². The molecule has 2 aliphatic heterocycles. The Balaban J connectivity index is 1.48. The van der Waals surface area contributed by atoms with Crippen molar-refractivity contribution in [2.45, 2.75) is 45.2 Å². The molecule has 3 heterocycles. The van der Waals surface area contributed by atoms with Gasteiger partial charge in [-0.3, -0.25) is 9.80 Å². The number of aromatic nitrogens is 2. The molecule has 0 radical (unpaired) electrons. The van der Waals surface area contributed by atoms with Gasteiger partial charge in [-0.1, -0.05) is 12.1 Å². The van der Waals surface area contributed by atoms with Gasteiger partial charge in [0.15, 0.2) is 0 Å². The first kappa shape index (κ1) is 22.9. The van der Waals surface area contributed by atoms with Gasteiger partial charge in [-0.25, -0.2) is 13.9 Å². The molecule has 1 aromatic heterocycles. The number of ether oxygens (including phenoxy) is 1. The number of esters is 1. The first-order chi connectivity index (χ1) is 15.6. The van der Waals surface area contributed by atoms with Gasteiger partial charge in [0.05, 0.1) is 18.5 Å². The standard InChI is InChI=1S/C24H33FN4O3/c1-2-32-24(31)20-14-26-29(22-8-4-3-7-21(22)25)23(20)16-27-12-9-19(10-13-27)28-11-5-6-18(15-28)17-30/h3-4,7-8,14,18-19,30H,2,5-6,9-13,15-17H2,1H3. The number of carbonyl (C=O) groups excluding carboxylic acids is 1. The molecule has 0 saturated carbocycles. The van der Waals surface area contributed by atoms with E-state index >= 15 is 0 Å². The molecule has 32 heavy (non-hydrogen) atoms. The number of aliphatic hydroxyl groups excluding tert-OH is 1. The molecule has 2 aliphatic rings. The molecule has 8 heteroatoms. The van der Waals surface area contributed by atoms with Crippen LogP contribution in [0.5, 0.6) is 0 Å². The number of para-hydroxylation sites is 1. The van der Waals surface area contributed by atoms with E-state index in [0.717, 1.165) is 51.9 Å². The summed E-state index contributed by atoms with van der Waals surface area (Å²) in [6.07, 6.45) is 5.83. The van der Waals surface area contributed by atoms with Crippen LogP contribution in [0.25, 0.3) is 5.69 Å². The highest BCUT2D eigenvalue weighted by Crippen LogP contribution is 2.26. The highest BCUT2D eigenvalue weighted by Gasteiger charge is 2.30. The van der Waals surface area contributed by atoms with Crippen molar-refractivity contribution in [3.05, 3.63) is 47.5 Å². The molecule has 0 amide bonds. The largest absolute Gasteiger partial charge is 0.462 e. The number of carbonyl (C=O) groups is 1. The number of hydrogen-bond donors (Lipinski definition) is 1. The Morgan fingerprint density at radius 1 is 1.22 bits per heavy atom. The summed E-state index contributed by atoms with van der Waals surface area (Å²) >= 11 is 0. The molecule has 4 rings (SSSR count). The van der Waals surface area contributed by atoms with E-state index in [1.165, 1.54) is 16.9 Å². The lowest BCUT2D eigenvalue weighted by molar-refractivity contribution is 0.0497. The predicted molar refractivity (Wildman–Crippen MR) is 119 cm³/mol. The Kier molecular flexibility index (Phi) is 7.55. The summed E-state index contributed by atoms with van der Waals surface area (Å²) in [5.41, 5.74) is 1.38. The topological polar surface area (TPSA) is 70.8 Å². The third kappa shape index (κ3) is 5.03. The van der Waals surface area contributed by atoms with Crippen LogP contribution in [0.1, 0.15) is 48.7 Å². The van der Waals surface area contributed by atoms with Crippen molar-refractivity contribution in [3.8, 4) is 5.69 Å². The lowest BCUT2D eigenvalue weighted by Gasteiger charge is -2.42. The van der Waals surface area contributed by atoms with Gasteiger partial charge in [0.25, 0.3) is 0 Å². The molecular formula is C24H33FN4O3. The van der Waals surface area contributed by atoms with Crippen LogP contribution in [0, 0.1) is 11.7 Å². The van der Waals surface area contributed by atoms with Gasteiger partial charge in [-0.2, -0.15) is 5.10 Å². The van der Waals surface area contributed by atoms with Crippen LogP contribution in [0.3, 0.4) is 0 Å². The summed E-state index contributed by atoms with van der Waals surface area (Å²) in [4.78, 5) is 17.4.